The van der Waals surface area contributed by atoms with Crippen LogP contribution in [0.3, 0.4) is 0 Å². The molecule has 0 radical (unpaired) electrons. The number of furan rings is 1. The van der Waals surface area contributed by atoms with E-state index >= 15 is 0 Å². The molecule has 9 heteroatoms. The number of benzene rings is 1. The molecule has 0 aliphatic heterocycles. The summed E-state index contributed by atoms with van der Waals surface area (Å²) in [6, 6.07) is 8.16. The molecule has 0 fully saturated rings. The third-order valence-corrected chi connectivity index (χ3v) is 3.19. The van der Waals surface area contributed by atoms with Gasteiger partial charge < -0.3 is 4.42 Å². The third-order valence-electron chi connectivity index (χ3n) is 2.93. The van der Waals surface area contributed by atoms with Crippen molar-refractivity contribution in [3.8, 4) is 11.6 Å². The van der Waals surface area contributed by atoms with E-state index in [0.717, 1.165) is 12.1 Å². The zero-order valence-electron chi connectivity index (χ0n) is 11.4. The Bertz CT molecular complexity index is 893. The van der Waals surface area contributed by atoms with Crippen LogP contribution in [-0.2, 0) is 6.18 Å². The number of H-pyrrole nitrogens is 1. The molecule has 5 nitrogen and oxygen atoms in total. The summed E-state index contributed by atoms with van der Waals surface area (Å²) in [6.07, 6.45) is -1.67. The highest BCUT2D eigenvalue weighted by molar-refractivity contribution is 7.71. The van der Waals surface area contributed by atoms with Crippen molar-refractivity contribution in [3.05, 3.63) is 58.6 Å². The van der Waals surface area contributed by atoms with Crippen LogP contribution in [0.4, 0.5) is 13.2 Å². The lowest BCUT2D eigenvalue weighted by Crippen LogP contribution is -2.05. The quantitative estimate of drug-likeness (QED) is 0.578. The SMILES string of the molecule is FC(F)(F)c1cccc(/C=N\n2c(-c3ccco3)n[nH]c2=S)c1. The first kappa shape index (κ1) is 15.2. The van der Waals surface area contributed by atoms with Gasteiger partial charge in [0.05, 0.1) is 18.0 Å². The molecule has 0 saturated carbocycles. The number of halogens is 3. The fraction of sp³-hybridized carbons (Fsp3) is 0.0714. The Labute approximate surface area is 133 Å². The molecule has 0 unspecified atom stereocenters. The molecule has 0 spiro atoms. The standard InChI is InChI=1S/C14H9F3N4OS/c15-14(16,17)10-4-1-3-9(7-10)8-18-21-12(19-20-13(21)23)11-5-2-6-22-11/h1-8H,(H,20,23)/b18-8-. The van der Waals surface area contributed by atoms with Gasteiger partial charge in [0.2, 0.25) is 10.6 Å². The highest BCUT2D eigenvalue weighted by Gasteiger charge is 2.30. The highest BCUT2D eigenvalue weighted by Crippen LogP contribution is 2.29. The smallest absolute Gasteiger partial charge is 0.416 e. The Balaban J connectivity index is 1.96. The van der Waals surface area contributed by atoms with E-state index in [0.29, 0.717) is 11.6 Å². The summed E-state index contributed by atoms with van der Waals surface area (Å²) in [5.41, 5.74) is -0.461. The Morgan fingerprint density at radius 1 is 1.26 bits per heavy atom. The van der Waals surface area contributed by atoms with Crippen molar-refractivity contribution in [1.29, 1.82) is 0 Å². The zero-order valence-corrected chi connectivity index (χ0v) is 12.2. The molecule has 0 saturated heterocycles. The largest absolute Gasteiger partial charge is 0.461 e. The number of nitrogens with one attached hydrogen (secondary N) is 1. The first-order valence-corrected chi connectivity index (χ1v) is 6.79. The molecule has 0 aliphatic carbocycles. The predicted molar refractivity (Wildman–Crippen MR) is 79.5 cm³/mol. The van der Waals surface area contributed by atoms with Crippen molar-refractivity contribution in [2.24, 2.45) is 5.10 Å². The number of hydrogen-bond donors (Lipinski definition) is 1. The van der Waals surface area contributed by atoms with E-state index in [4.69, 9.17) is 16.6 Å². The average Bonchev–Trinajstić information content (AvgIpc) is 3.14. The van der Waals surface area contributed by atoms with E-state index in [9.17, 15) is 13.2 Å². The van der Waals surface area contributed by atoms with Gasteiger partial charge in [-0.3, -0.25) is 0 Å². The summed E-state index contributed by atoms with van der Waals surface area (Å²) >= 11 is 5.06. The lowest BCUT2D eigenvalue weighted by molar-refractivity contribution is -0.137. The van der Waals surface area contributed by atoms with Crippen molar-refractivity contribution in [2.75, 3.05) is 0 Å². The second kappa shape index (κ2) is 5.84. The lowest BCUT2D eigenvalue weighted by Gasteiger charge is -2.06. The normalized spacial score (nSPS) is 12.1. The van der Waals surface area contributed by atoms with Gasteiger partial charge in [-0.15, -0.1) is 5.10 Å². The predicted octanol–water partition coefficient (Wildman–Crippen LogP) is 4.10. The zero-order chi connectivity index (χ0) is 16.4. The Morgan fingerprint density at radius 3 is 2.78 bits per heavy atom. The van der Waals surface area contributed by atoms with Crippen LogP contribution in [0, 0.1) is 4.77 Å². The van der Waals surface area contributed by atoms with Gasteiger partial charge in [0.1, 0.15) is 0 Å². The Kier molecular flexibility index (Phi) is 3.87. The topological polar surface area (TPSA) is 59.1 Å². The molecular formula is C14H9F3N4OS. The van der Waals surface area contributed by atoms with E-state index < -0.39 is 11.7 Å². The van der Waals surface area contributed by atoms with Crippen LogP contribution >= 0.6 is 12.2 Å². The van der Waals surface area contributed by atoms with Gasteiger partial charge in [-0.05, 0) is 42.0 Å². The number of nitrogens with zero attached hydrogens (tertiary/aromatic N) is 3. The van der Waals surface area contributed by atoms with Crippen molar-refractivity contribution < 1.29 is 17.6 Å². The van der Waals surface area contributed by atoms with Crippen LogP contribution in [0.2, 0.25) is 0 Å². The summed E-state index contributed by atoms with van der Waals surface area (Å²) in [5.74, 6) is 0.752. The average molecular weight is 338 g/mol. The summed E-state index contributed by atoms with van der Waals surface area (Å²) in [6.45, 7) is 0. The van der Waals surface area contributed by atoms with Crippen LogP contribution in [0.15, 0.2) is 52.2 Å². The molecule has 0 aliphatic rings. The minimum absolute atomic E-state index is 0.194. The van der Waals surface area contributed by atoms with Gasteiger partial charge in [-0.1, -0.05) is 12.1 Å². The van der Waals surface area contributed by atoms with Gasteiger partial charge in [-0.2, -0.15) is 22.9 Å². The number of hydrogen-bond acceptors (Lipinski definition) is 4. The van der Waals surface area contributed by atoms with Crippen LogP contribution in [-0.4, -0.2) is 21.1 Å². The molecule has 1 N–H and O–H groups in total. The van der Waals surface area contributed by atoms with Crippen LogP contribution in [0.25, 0.3) is 11.6 Å². The summed E-state index contributed by atoms with van der Waals surface area (Å²) in [5, 5.41) is 10.6. The minimum atomic E-state index is -4.41. The van der Waals surface area contributed by atoms with Crippen LogP contribution in [0.1, 0.15) is 11.1 Å². The van der Waals surface area contributed by atoms with Gasteiger partial charge in [0.25, 0.3) is 0 Å². The van der Waals surface area contributed by atoms with Gasteiger partial charge in [0, 0.05) is 0 Å². The van der Waals surface area contributed by atoms with Crippen molar-refractivity contribution in [3.63, 3.8) is 0 Å². The van der Waals surface area contributed by atoms with Crippen molar-refractivity contribution in [1.82, 2.24) is 14.9 Å². The van der Waals surface area contributed by atoms with Crippen LogP contribution in [0.5, 0.6) is 0 Å². The van der Waals surface area contributed by atoms with Gasteiger partial charge >= 0.3 is 6.18 Å². The van der Waals surface area contributed by atoms with Crippen molar-refractivity contribution >= 4 is 18.4 Å². The molecule has 2 heterocycles. The number of aromatic nitrogens is 3. The van der Waals surface area contributed by atoms with E-state index in [1.54, 1.807) is 12.1 Å². The highest BCUT2D eigenvalue weighted by atomic mass is 32.1. The van der Waals surface area contributed by atoms with Gasteiger partial charge in [-0.25, -0.2) is 5.10 Å². The molecule has 2 aromatic heterocycles. The lowest BCUT2D eigenvalue weighted by atomic mass is 10.1. The fourth-order valence-corrected chi connectivity index (χ4v) is 2.06. The first-order chi connectivity index (χ1) is 10.9. The maximum Gasteiger partial charge on any atom is 0.416 e. The number of alkyl halides is 3. The molecule has 0 atom stereocenters. The van der Waals surface area contributed by atoms with E-state index in [1.165, 1.54) is 29.3 Å². The van der Waals surface area contributed by atoms with E-state index in [1.807, 2.05) is 0 Å². The van der Waals surface area contributed by atoms with Crippen molar-refractivity contribution in [2.45, 2.75) is 6.18 Å². The minimum Gasteiger partial charge on any atom is -0.461 e. The first-order valence-electron chi connectivity index (χ1n) is 6.38. The molecule has 0 bridgehead atoms. The molecule has 0 amide bonds. The van der Waals surface area contributed by atoms with Gasteiger partial charge in [0.15, 0.2) is 5.76 Å². The molecule has 118 valence electrons. The maximum absolute atomic E-state index is 12.7. The van der Waals surface area contributed by atoms with E-state index in [2.05, 4.69) is 15.3 Å². The second-order valence-electron chi connectivity index (χ2n) is 4.51. The fourth-order valence-electron chi connectivity index (χ4n) is 1.88. The number of rotatable bonds is 3. The summed E-state index contributed by atoms with van der Waals surface area (Å²) < 4.78 is 44.8. The number of aromatic amines is 1. The molecular weight excluding hydrogens is 329 g/mol. The Hall–Kier alpha value is -2.68. The molecule has 23 heavy (non-hydrogen) atoms. The molecule has 1 aromatic carbocycles. The monoisotopic (exact) mass is 338 g/mol. The molecule has 3 aromatic rings. The summed E-state index contributed by atoms with van der Waals surface area (Å²) in [7, 11) is 0. The van der Waals surface area contributed by atoms with E-state index in [-0.39, 0.29) is 10.3 Å². The summed E-state index contributed by atoms with van der Waals surface area (Å²) in [4.78, 5) is 0. The second-order valence-corrected chi connectivity index (χ2v) is 4.90. The Morgan fingerprint density at radius 2 is 2.09 bits per heavy atom. The molecule has 3 rings (SSSR count). The third kappa shape index (κ3) is 3.24. The van der Waals surface area contributed by atoms with Crippen LogP contribution < -0.4 is 0 Å². The maximum atomic E-state index is 12.7.